The van der Waals surface area contributed by atoms with Gasteiger partial charge in [0.2, 0.25) is 5.91 Å². The Hall–Kier alpha value is -2.51. The third-order valence-electron chi connectivity index (χ3n) is 5.29. The van der Waals surface area contributed by atoms with Crippen LogP contribution in [-0.2, 0) is 11.3 Å². The largest absolute Gasteiger partial charge is 0.353 e. The molecule has 0 radical (unpaired) electrons. The molecule has 146 valence electrons. The van der Waals surface area contributed by atoms with Gasteiger partial charge in [-0.05, 0) is 50.4 Å². The molecule has 28 heavy (non-hydrogen) atoms. The van der Waals surface area contributed by atoms with E-state index in [4.69, 9.17) is 0 Å². The molecule has 4 rings (SSSR count). The van der Waals surface area contributed by atoms with Gasteiger partial charge in [0.1, 0.15) is 6.54 Å². The van der Waals surface area contributed by atoms with Crippen molar-refractivity contribution in [2.45, 2.75) is 32.4 Å². The molecule has 7 heteroatoms. The second kappa shape index (κ2) is 8.24. The fourth-order valence-corrected chi connectivity index (χ4v) is 4.72. The third-order valence-corrected chi connectivity index (χ3v) is 6.26. The van der Waals surface area contributed by atoms with E-state index in [1.165, 1.54) is 22.4 Å². The number of thiophene rings is 1. The number of nitrogens with one attached hydrogen (secondary N) is 1. The summed E-state index contributed by atoms with van der Waals surface area (Å²) in [6, 6.07) is 11.7. The molecule has 1 aliphatic rings. The maximum absolute atomic E-state index is 12.7. The maximum atomic E-state index is 12.7. The van der Waals surface area contributed by atoms with Gasteiger partial charge in [-0.25, -0.2) is 4.68 Å². The number of amides is 1. The van der Waals surface area contributed by atoms with Crippen LogP contribution in [0.2, 0.25) is 0 Å². The van der Waals surface area contributed by atoms with E-state index in [1.54, 1.807) is 17.4 Å². The number of rotatable bonds is 6. The van der Waals surface area contributed by atoms with Crippen LogP contribution in [-0.4, -0.2) is 40.2 Å². The van der Waals surface area contributed by atoms with Gasteiger partial charge in [-0.2, -0.15) is 5.10 Å². The van der Waals surface area contributed by atoms with E-state index in [2.05, 4.69) is 26.8 Å². The quantitative estimate of drug-likeness (QED) is 0.696. The Labute approximate surface area is 167 Å². The molecule has 0 aliphatic carbocycles. The summed E-state index contributed by atoms with van der Waals surface area (Å²) in [6.07, 6.45) is 2.40. The van der Waals surface area contributed by atoms with Crippen LogP contribution >= 0.6 is 11.3 Å². The van der Waals surface area contributed by atoms with E-state index < -0.39 is 0 Å². The Bertz CT molecular complexity index is 1020. The second-order valence-corrected chi connectivity index (χ2v) is 8.15. The Morgan fingerprint density at radius 3 is 2.64 bits per heavy atom. The Balaban J connectivity index is 1.47. The molecule has 2 aromatic heterocycles. The monoisotopic (exact) mass is 396 g/mol. The standard InChI is InChI=1S/C21H24N4O2S/c1-15-16-7-2-3-8-17(16)21(27)25(23-15)14-20(26)22-13-18(19-9-6-12-28-19)24-10-4-5-11-24/h2-3,6-9,12,18H,4-5,10-11,13-14H2,1H3,(H,22,26). The van der Waals surface area contributed by atoms with Crippen molar-refractivity contribution < 1.29 is 4.79 Å². The highest BCUT2D eigenvalue weighted by molar-refractivity contribution is 7.10. The lowest BCUT2D eigenvalue weighted by Gasteiger charge is -2.27. The molecule has 0 spiro atoms. The van der Waals surface area contributed by atoms with Gasteiger partial charge in [-0.1, -0.05) is 24.3 Å². The highest BCUT2D eigenvalue weighted by atomic mass is 32.1. The lowest BCUT2D eigenvalue weighted by Crippen LogP contribution is -2.39. The van der Waals surface area contributed by atoms with Gasteiger partial charge in [0.05, 0.1) is 17.1 Å². The van der Waals surface area contributed by atoms with Gasteiger partial charge in [-0.3, -0.25) is 14.5 Å². The van der Waals surface area contributed by atoms with Crippen molar-refractivity contribution in [2.75, 3.05) is 19.6 Å². The minimum atomic E-state index is -0.231. The summed E-state index contributed by atoms with van der Waals surface area (Å²) in [5, 5.41) is 10.8. The molecule has 3 heterocycles. The molecule has 6 nitrogen and oxygen atoms in total. The third kappa shape index (κ3) is 3.86. The normalized spacial score (nSPS) is 15.8. The fraction of sp³-hybridized carbons (Fsp3) is 0.381. The van der Waals surface area contributed by atoms with E-state index in [-0.39, 0.29) is 24.1 Å². The Morgan fingerprint density at radius 2 is 1.93 bits per heavy atom. The SMILES string of the molecule is Cc1nn(CC(=O)NCC(c2cccs2)N2CCCC2)c(=O)c2ccccc12. The predicted octanol–water partition coefficient (Wildman–Crippen LogP) is 2.72. The molecule has 1 fully saturated rings. The summed E-state index contributed by atoms with van der Waals surface area (Å²) in [4.78, 5) is 28.9. The first kappa shape index (κ1) is 18.8. The van der Waals surface area contributed by atoms with Crippen molar-refractivity contribution in [1.82, 2.24) is 20.0 Å². The van der Waals surface area contributed by atoms with E-state index in [9.17, 15) is 9.59 Å². The average Bonchev–Trinajstić information content (AvgIpc) is 3.41. The molecular weight excluding hydrogens is 372 g/mol. The Kier molecular flexibility index (Phi) is 5.54. The van der Waals surface area contributed by atoms with Crippen LogP contribution < -0.4 is 10.9 Å². The van der Waals surface area contributed by atoms with E-state index in [1.807, 2.05) is 31.2 Å². The van der Waals surface area contributed by atoms with Crippen molar-refractivity contribution in [3.05, 3.63) is 62.7 Å². The summed E-state index contributed by atoms with van der Waals surface area (Å²) >= 11 is 1.72. The van der Waals surface area contributed by atoms with Crippen LogP contribution in [0, 0.1) is 6.92 Å². The second-order valence-electron chi connectivity index (χ2n) is 7.17. The van der Waals surface area contributed by atoms with Gasteiger partial charge in [0, 0.05) is 16.8 Å². The number of carbonyl (C=O) groups is 1. The molecule has 1 amide bonds. The van der Waals surface area contributed by atoms with Crippen LogP contribution in [0.1, 0.15) is 29.5 Å². The molecule has 1 aliphatic heterocycles. The first-order valence-electron chi connectivity index (χ1n) is 9.64. The molecule has 1 atom stereocenters. The van der Waals surface area contributed by atoms with Gasteiger partial charge in [0.15, 0.2) is 0 Å². The zero-order valence-electron chi connectivity index (χ0n) is 15.9. The predicted molar refractivity (Wildman–Crippen MR) is 112 cm³/mol. The number of likely N-dealkylation sites (tertiary alicyclic amines) is 1. The minimum absolute atomic E-state index is 0.0678. The maximum Gasteiger partial charge on any atom is 0.275 e. The van der Waals surface area contributed by atoms with Gasteiger partial charge in [-0.15, -0.1) is 11.3 Å². The molecule has 1 N–H and O–H groups in total. The van der Waals surface area contributed by atoms with Crippen LogP contribution in [0.5, 0.6) is 0 Å². The average molecular weight is 397 g/mol. The lowest BCUT2D eigenvalue weighted by molar-refractivity contribution is -0.122. The topological polar surface area (TPSA) is 67.2 Å². The number of aryl methyl sites for hydroxylation is 1. The van der Waals surface area contributed by atoms with Crippen molar-refractivity contribution in [3.8, 4) is 0 Å². The first-order valence-corrected chi connectivity index (χ1v) is 10.5. The fourth-order valence-electron chi connectivity index (χ4n) is 3.86. The highest BCUT2D eigenvalue weighted by Gasteiger charge is 2.24. The molecule has 0 bridgehead atoms. The van der Waals surface area contributed by atoms with E-state index in [0.717, 1.165) is 24.2 Å². The molecular formula is C21H24N4O2S. The number of carbonyl (C=O) groups excluding carboxylic acids is 1. The van der Waals surface area contributed by atoms with Crippen LogP contribution in [0.4, 0.5) is 0 Å². The van der Waals surface area contributed by atoms with Crippen molar-refractivity contribution >= 4 is 28.0 Å². The van der Waals surface area contributed by atoms with Gasteiger partial charge < -0.3 is 5.32 Å². The minimum Gasteiger partial charge on any atom is -0.353 e. The number of hydrogen-bond donors (Lipinski definition) is 1. The number of nitrogens with zero attached hydrogens (tertiary/aromatic N) is 3. The number of fused-ring (bicyclic) bond motifs is 1. The molecule has 1 aromatic carbocycles. The highest BCUT2D eigenvalue weighted by Crippen LogP contribution is 2.27. The molecule has 0 saturated carbocycles. The zero-order valence-corrected chi connectivity index (χ0v) is 16.7. The van der Waals surface area contributed by atoms with Crippen LogP contribution in [0.25, 0.3) is 10.8 Å². The Morgan fingerprint density at radius 1 is 1.18 bits per heavy atom. The van der Waals surface area contributed by atoms with Crippen molar-refractivity contribution in [1.29, 1.82) is 0 Å². The lowest BCUT2D eigenvalue weighted by atomic mass is 10.1. The van der Waals surface area contributed by atoms with Crippen molar-refractivity contribution in [2.24, 2.45) is 0 Å². The van der Waals surface area contributed by atoms with Gasteiger partial charge in [0.25, 0.3) is 5.56 Å². The van der Waals surface area contributed by atoms with Crippen LogP contribution in [0.15, 0.2) is 46.6 Å². The summed E-state index contributed by atoms with van der Waals surface area (Å²) in [5.41, 5.74) is 0.516. The van der Waals surface area contributed by atoms with Crippen molar-refractivity contribution in [3.63, 3.8) is 0 Å². The van der Waals surface area contributed by atoms with Gasteiger partial charge >= 0.3 is 0 Å². The number of hydrogen-bond acceptors (Lipinski definition) is 5. The molecule has 3 aromatic rings. The summed E-state index contributed by atoms with van der Waals surface area (Å²) < 4.78 is 1.27. The number of benzene rings is 1. The zero-order chi connectivity index (χ0) is 19.5. The molecule has 1 unspecified atom stereocenters. The summed E-state index contributed by atoms with van der Waals surface area (Å²) in [6.45, 7) is 4.45. The van der Waals surface area contributed by atoms with E-state index in [0.29, 0.717) is 11.9 Å². The van der Waals surface area contributed by atoms with E-state index >= 15 is 0 Å². The summed E-state index contributed by atoms with van der Waals surface area (Å²) in [7, 11) is 0. The number of aromatic nitrogens is 2. The molecule has 1 saturated heterocycles. The van der Waals surface area contributed by atoms with Crippen LogP contribution in [0.3, 0.4) is 0 Å². The smallest absolute Gasteiger partial charge is 0.275 e. The summed E-state index contributed by atoms with van der Waals surface area (Å²) in [5.74, 6) is -0.190. The first-order chi connectivity index (χ1) is 13.6.